The first-order chi connectivity index (χ1) is 5.65. The van der Waals surface area contributed by atoms with Crippen LogP contribution in [-0.2, 0) is 6.54 Å². The van der Waals surface area contributed by atoms with E-state index in [9.17, 15) is 9.59 Å². The van der Waals surface area contributed by atoms with E-state index in [1.54, 1.807) is 0 Å². The summed E-state index contributed by atoms with van der Waals surface area (Å²) in [6.07, 6.45) is 1.31. The van der Waals surface area contributed by atoms with Crippen LogP contribution in [0.25, 0.3) is 0 Å². The summed E-state index contributed by atoms with van der Waals surface area (Å²) in [5.41, 5.74) is 4.67. The fourth-order valence-electron chi connectivity index (χ4n) is 0.798. The quantitative estimate of drug-likeness (QED) is 0.636. The highest BCUT2D eigenvalue weighted by Gasteiger charge is 2.02. The number of carbonyl (C=O) groups is 1. The topological polar surface area (TPSA) is 78.0 Å². The molecule has 0 saturated heterocycles. The van der Waals surface area contributed by atoms with Gasteiger partial charge in [0.15, 0.2) is 0 Å². The maximum Gasteiger partial charge on any atom is 0.267 e. The molecule has 5 heteroatoms. The van der Waals surface area contributed by atoms with Crippen LogP contribution in [0.5, 0.6) is 0 Å². The Labute approximate surface area is 68.8 Å². The lowest BCUT2D eigenvalue weighted by Gasteiger charge is -1.99. The third kappa shape index (κ3) is 1.50. The lowest BCUT2D eigenvalue weighted by molar-refractivity contribution is 0.0995. The summed E-state index contributed by atoms with van der Waals surface area (Å²) in [6.45, 7) is 2.35. The van der Waals surface area contributed by atoms with Crippen molar-refractivity contribution in [3.8, 4) is 0 Å². The van der Waals surface area contributed by atoms with Gasteiger partial charge in [-0.2, -0.15) is 0 Å². The molecule has 0 radical (unpaired) electrons. The largest absolute Gasteiger partial charge is 0.364 e. The van der Waals surface area contributed by atoms with Gasteiger partial charge in [0.25, 0.3) is 11.5 Å². The molecule has 0 saturated carbocycles. The molecule has 0 fully saturated rings. The molecule has 0 aromatic carbocycles. The van der Waals surface area contributed by atoms with Gasteiger partial charge < -0.3 is 5.73 Å². The van der Waals surface area contributed by atoms with E-state index in [1.807, 2.05) is 6.92 Å². The van der Waals surface area contributed by atoms with Gasteiger partial charge in [-0.05, 0) is 6.92 Å². The Morgan fingerprint density at radius 1 is 1.75 bits per heavy atom. The molecule has 12 heavy (non-hydrogen) atoms. The van der Waals surface area contributed by atoms with Crippen molar-refractivity contribution in [2.24, 2.45) is 5.73 Å². The molecule has 1 rings (SSSR count). The van der Waals surface area contributed by atoms with Crippen LogP contribution in [0.3, 0.4) is 0 Å². The molecule has 0 bridgehead atoms. The van der Waals surface area contributed by atoms with Crippen LogP contribution in [0, 0.1) is 0 Å². The molecule has 0 unspecified atom stereocenters. The predicted octanol–water partition coefficient (Wildman–Crippen LogP) is -0.638. The van der Waals surface area contributed by atoms with Crippen LogP contribution in [0.1, 0.15) is 17.4 Å². The highest BCUT2D eigenvalue weighted by molar-refractivity contribution is 5.90. The number of aromatic nitrogens is 2. The van der Waals surface area contributed by atoms with Crippen molar-refractivity contribution < 1.29 is 4.79 Å². The zero-order valence-corrected chi connectivity index (χ0v) is 6.65. The van der Waals surface area contributed by atoms with Gasteiger partial charge in [-0.3, -0.25) is 14.2 Å². The molecule has 1 heterocycles. The molecule has 5 nitrogen and oxygen atoms in total. The molecule has 0 atom stereocenters. The number of hydrogen-bond donors (Lipinski definition) is 1. The summed E-state index contributed by atoms with van der Waals surface area (Å²) in [5.74, 6) is -0.685. The molecule has 0 aliphatic rings. The highest BCUT2D eigenvalue weighted by atomic mass is 16.1. The number of aryl methyl sites for hydroxylation is 1. The number of primary amides is 1. The Balaban J connectivity index is 3.19. The van der Waals surface area contributed by atoms with Crippen LogP contribution in [0.2, 0.25) is 0 Å². The summed E-state index contributed by atoms with van der Waals surface area (Å²) in [7, 11) is 0. The van der Waals surface area contributed by atoms with Gasteiger partial charge in [-0.15, -0.1) is 0 Å². The Bertz CT molecular complexity index is 356. The molecule has 0 spiro atoms. The molecular formula is C7H9N3O2. The maximum absolute atomic E-state index is 11.1. The van der Waals surface area contributed by atoms with Crippen LogP contribution >= 0.6 is 0 Å². The number of hydrogen-bond acceptors (Lipinski definition) is 3. The van der Waals surface area contributed by atoms with E-state index in [0.29, 0.717) is 6.54 Å². The first kappa shape index (κ1) is 8.45. The van der Waals surface area contributed by atoms with Crippen molar-refractivity contribution in [3.63, 3.8) is 0 Å². The Morgan fingerprint density at radius 3 is 2.83 bits per heavy atom. The van der Waals surface area contributed by atoms with E-state index in [-0.39, 0.29) is 11.3 Å². The minimum Gasteiger partial charge on any atom is -0.364 e. The molecule has 1 amide bonds. The minimum atomic E-state index is -0.685. The van der Waals surface area contributed by atoms with Crippen molar-refractivity contribution in [2.75, 3.05) is 0 Å². The molecule has 0 aliphatic heterocycles. The summed E-state index contributed by atoms with van der Waals surface area (Å²) in [4.78, 5) is 25.4. The molecular weight excluding hydrogens is 158 g/mol. The summed E-state index contributed by atoms with van der Waals surface area (Å²) in [6, 6.07) is 1.13. The van der Waals surface area contributed by atoms with E-state index in [1.165, 1.54) is 10.9 Å². The van der Waals surface area contributed by atoms with Crippen LogP contribution in [0.4, 0.5) is 0 Å². The van der Waals surface area contributed by atoms with Gasteiger partial charge >= 0.3 is 0 Å². The average Bonchev–Trinajstić information content (AvgIpc) is 2.04. The summed E-state index contributed by atoms with van der Waals surface area (Å²) in [5, 5.41) is 0. The highest BCUT2D eigenvalue weighted by Crippen LogP contribution is 1.86. The second-order valence-electron chi connectivity index (χ2n) is 2.26. The van der Waals surface area contributed by atoms with E-state index >= 15 is 0 Å². The van der Waals surface area contributed by atoms with E-state index in [2.05, 4.69) is 4.98 Å². The second-order valence-corrected chi connectivity index (χ2v) is 2.26. The zero-order chi connectivity index (χ0) is 9.14. The summed E-state index contributed by atoms with van der Waals surface area (Å²) < 4.78 is 1.38. The average molecular weight is 167 g/mol. The SMILES string of the molecule is CCn1cnc(C(N)=O)cc1=O. The molecule has 1 aromatic rings. The smallest absolute Gasteiger partial charge is 0.267 e. The Morgan fingerprint density at radius 2 is 2.42 bits per heavy atom. The Hall–Kier alpha value is -1.65. The van der Waals surface area contributed by atoms with Gasteiger partial charge in [-0.1, -0.05) is 0 Å². The van der Waals surface area contributed by atoms with Crippen LogP contribution in [-0.4, -0.2) is 15.5 Å². The first-order valence-corrected chi connectivity index (χ1v) is 3.51. The van der Waals surface area contributed by atoms with Crippen molar-refractivity contribution in [2.45, 2.75) is 13.5 Å². The molecule has 2 N–H and O–H groups in total. The third-order valence-electron chi connectivity index (χ3n) is 1.47. The fraction of sp³-hybridized carbons (Fsp3) is 0.286. The predicted molar refractivity (Wildman–Crippen MR) is 42.7 cm³/mol. The van der Waals surface area contributed by atoms with E-state index in [0.717, 1.165) is 6.07 Å². The van der Waals surface area contributed by atoms with Crippen LogP contribution in [0.15, 0.2) is 17.2 Å². The Kier molecular flexibility index (Phi) is 2.23. The lowest BCUT2D eigenvalue weighted by atomic mass is 10.4. The van der Waals surface area contributed by atoms with Gasteiger partial charge in [0.05, 0.1) is 6.33 Å². The van der Waals surface area contributed by atoms with Crippen LogP contribution < -0.4 is 11.3 Å². The fourth-order valence-corrected chi connectivity index (χ4v) is 0.798. The van der Waals surface area contributed by atoms with Gasteiger partial charge in [0.2, 0.25) is 0 Å². The minimum absolute atomic E-state index is 0.00435. The zero-order valence-electron chi connectivity index (χ0n) is 6.65. The number of nitrogens with zero attached hydrogens (tertiary/aromatic N) is 2. The van der Waals surface area contributed by atoms with Crippen molar-refractivity contribution >= 4 is 5.91 Å². The molecule has 64 valence electrons. The molecule has 1 aromatic heterocycles. The first-order valence-electron chi connectivity index (χ1n) is 3.51. The van der Waals surface area contributed by atoms with Crippen molar-refractivity contribution in [3.05, 3.63) is 28.4 Å². The lowest BCUT2D eigenvalue weighted by Crippen LogP contribution is -2.23. The maximum atomic E-state index is 11.1. The third-order valence-corrected chi connectivity index (χ3v) is 1.47. The van der Waals surface area contributed by atoms with E-state index < -0.39 is 5.91 Å². The van der Waals surface area contributed by atoms with E-state index in [4.69, 9.17) is 5.73 Å². The monoisotopic (exact) mass is 167 g/mol. The van der Waals surface area contributed by atoms with Crippen molar-refractivity contribution in [1.29, 1.82) is 0 Å². The van der Waals surface area contributed by atoms with Gasteiger partial charge in [-0.25, -0.2) is 4.98 Å². The van der Waals surface area contributed by atoms with Gasteiger partial charge in [0.1, 0.15) is 5.69 Å². The number of rotatable bonds is 2. The second kappa shape index (κ2) is 3.17. The number of amides is 1. The normalized spacial score (nSPS) is 9.75. The number of nitrogens with two attached hydrogens (primary N) is 1. The summed E-state index contributed by atoms with van der Waals surface area (Å²) >= 11 is 0. The standard InChI is InChI=1S/C7H9N3O2/c1-2-10-4-9-5(7(8)12)3-6(10)11/h3-4H,2H2,1H3,(H2,8,12). The number of carbonyl (C=O) groups excluding carboxylic acids is 1. The molecule has 0 aliphatic carbocycles. The van der Waals surface area contributed by atoms with Gasteiger partial charge in [0, 0.05) is 12.6 Å². The van der Waals surface area contributed by atoms with Crippen molar-refractivity contribution in [1.82, 2.24) is 9.55 Å².